The molecule has 0 bridgehead atoms. The van der Waals surface area contributed by atoms with Crippen LogP contribution < -0.4 is 4.74 Å². The molecule has 1 aromatic rings. The third kappa shape index (κ3) is 2.73. The molecule has 0 aliphatic carbocycles. The third-order valence-corrected chi connectivity index (χ3v) is 2.82. The standard InChI is InChI=1S/C12H15N3O2/c1-16-12-3-2-10(9-14-12)11(8-13)15-4-6-17-7-5-15/h2-3,9,11H,4-7H2,1H3. The van der Waals surface area contributed by atoms with Crippen molar-refractivity contribution in [2.45, 2.75) is 6.04 Å². The van der Waals surface area contributed by atoms with Crippen LogP contribution in [0.2, 0.25) is 0 Å². The lowest BCUT2D eigenvalue weighted by atomic mass is 10.1. The molecule has 1 unspecified atom stereocenters. The van der Waals surface area contributed by atoms with Gasteiger partial charge in [-0.25, -0.2) is 4.98 Å². The monoisotopic (exact) mass is 233 g/mol. The maximum atomic E-state index is 9.27. The van der Waals surface area contributed by atoms with Gasteiger partial charge in [0.2, 0.25) is 5.88 Å². The molecule has 1 aliphatic rings. The van der Waals surface area contributed by atoms with E-state index in [1.165, 1.54) is 0 Å². The van der Waals surface area contributed by atoms with Crippen LogP contribution in [0.3, 0.4) is 0 Å². The first kappa shape index (κ1) is 11.8. The van der Waals surface area contributed by atoms with Crippen LogP contribution in [-0.2, 0) is 4.74 Å². The van der Waals surface area contributed by atoms with Crippen molar-refractivity contribution in [1.82, 2.24) is 9.88 Å². The summed E-state index contributed by atoms with van der Waals surface area (Å²) >= 11 is 0. The van der Waals surface area contributed by atoms with E-state index < -0.39 is 0 Å². The first-order valence-electron chi connectivity index (χ1n) is 5.56. The van der Waals surface area contributed by atoms with E-state index in [1.807, 2.05) is 6.07 Å². The molecule has 1 fully saturated rings. The van der Waals surface area contributed by atoms with E-state index >= 15 is 0 Å². The number of morpholine rings is 1. The van der Waals surface area contributed by atoms with Gasteiger partial charge >= 0.3 is 0 Å². The highest BCUT2D eigenvalue weighted by atomic mass is 16.5. The molecule has 0 spiro atoms. The minimum atomic E-state index is -0.252. The van der Waals surface area contributed by atoms with Gasteiger partial charge in [0.1, 0.15) is 6.04 Å². The Bertz CT molecular complexity index is 393. The number of nitriles is 1. The molecule has 17 heavy (non-hydrogen) atoms. The molecule has 1 atom stereocenters. The fourth-order valence-electron chi connectivity index (χ4n) is 1.88. The zero-order chi connectivity index (χ0) is 12.1. The topological polar surface area (TPSA) is 58.4 Å². The summed E-state index contributed by atoms with van der Waals surface area (Å²) in [5.41, 5.74) is 0.898. The van der Waals surface area contributed by atoms with Gasteiger partial charge in [-0.15, -0.1) is 0 Å². The largest absolute Gasteiger partial charge is 0.481 e. The molecular formula is C12H15N3O2. The summed E-state index contributed by atoms with van der Waals surface area (Å²) < 4.78 is 10.3. The summed E-state index contributed by atoms with van der Waals surface area (Å²) in [5, 5.41) is 9.27. The van der Waals surface area contributed by atoms with Gasteiger partial charge in [0.05, 0.1) is 26.4 Å². The summed E-state index contributed by atoms with van der Waals surface area (Å²) in [7, 11) is 1.58. The molecule has 0 radical (unpaired) electrons. The van der Waals surface area contributed by atoms with Crippen LogP contribution in [0.4, 0.5) is 0 Å². The van der Waals surface area contributed by atoms with Gasteiger partial charge in [0, 0.05) is 30.9 Å². The lowest BCUT2D eigenvalue weighted by Crippen LogP contribution is -2.38. The molecule has 0 aromatic carbocycles. The molecule has 2 rings (SSSR count). The Balaban J connectivity index is 2.13. The normalized spacial score (nSPS) is 18.4. The van der Waals surface area contributed by atoms with E-state index in [-0.39, 0.29) is 6.04 Å². The van der Waals surface area contributed by atoms with Gasteiger partial charge in [-0.1, -0.05) is 0 Å². The Labute approximate surface area is 101 Å². The van der Waals surface area contributed by atoms with E-state index in [9.17, 15) is 5.26 Å². The first-order valence-corrected chi connectivity index (χ1v) is 5.56. The van der Waals surface area contributed by atoms with Crippen molar-refractivity contribution in [3.63, 3.8) is 0 Å². The van der Waals surface area contributed by atoms with Crippen molar-refractivity contribution in [1.29, 1.82) is 5.26 Å². The van der Waals surface area contributed by atoms with Crippen LogP contribution in [0.15, 0.2) is 18.3 Å². The Morgan fingerprint density at radius 1 is 1.47 bits per heavy atom. The van der Waals surface area contributed by atoms with Crippen LogP contribution in [-0.4, -0.2) is 43.3 Å². The van der Waals surface area contributed by atoms with Gasteiger partial charge in [-0.05, 0) is 6.07 Å². The molecule has 5 nitrogen and oxygen atoms in total. The van der Waals surface area contributed by atoms with Crippen molar-refractivity contribution in [2.24, 2.45) is 0 Å². The van der Waals surface area contributed by atoms with Crippen molar-refractivity contribution >= 4 is 0 Å². The highest BCUT2D eigenvalue weighted by Crippen LogP contribution is 2.21. The van der Waals surface area contributed by atoms with E-state index in [0.29, 0.717) is 19.1 Å². The van der Waals surface area contributed by atoms with Gasteiger partial charge in [0.25, 0.3) is 0 Å². The second kappa shape index (κ2) is 5.62. The van der Waals surface area contributed by atoms with E-state index in [4.69, 9.17) is 9.47 Å². The number of aromatic nitrogens is 1. The number of methoxy groups -OCH3 is 1. The molecule has 1 aromatic heterocycles. The number of ether oxygens (including phenoxy) is 2. The van der Waals surface area contributed by atoms with Crippen molar-refractivity contribution < 1.29 is 9.47 Å². The predicted molar refractivity (Wildman–Crippen MR) is 61.5 cm³/mol. The van der Waals surface area contributed by atoms with E-state index in [2.05, 4.69) is 16.0 Å². The molecule has 1 saturated heterocycles. The first-order chi connectivity index (χ1) is 8.35. The fraction of sp³-hybridized carbons (Fsp3) is 0.500. The highest BCUT2D eigenvalue weighted by Gasteiger charge is 2.22. The Kier molecular flexibility index (Phi) is 3.91. The highest BCUT2D eigenvalue weighted by molar-refractivity contribution is 5.25. The van der Waals surface area contributed by atoms with Crippen molar-refractivity contribution in [3.8, 4) is 11.9 Å². The zero-order valence-corrected chi connectivity index (χ0v) is 9.80. The van der Waals surface area contributed by atoms with Crippen molar-refractivity contribution in [2.75, 3.05) is 33.4 Å². The van der Waals surface area contributed by atoms with Crippen LogP contribution >= 0.6 is 0 Å². The number of hydrogen-bond acceptors (Lipinski definition) is 5. The Morgan fingerprint density at radius 2 is 2.24 bits per heavy atom. The third-order valence-electron chi connectivity index (χ3n) is 2.82. The SMILES string of the molecule is COc1ccc(C(C#N)N2CCOCC2)cn1. The number of pyridine rings is 1. The zero-order valence-electron chi connectivity index (χ0n) is 9.80. The molecular weight excluding hydrogens is 218 g/mol. The minimum absolute atomic E-state index is 0.252. The Hall–Kier alpha value is -1.64. The van der Waals surface area contributed by atoms with Crippen LogP contribution in [0.25, 0.3) is 0 Å². The second-order valence-electron chi connectivity index (χ2n) is 3.81. The van der Waals surface area contributed by atoms with Gasteiger partial charge in [-0.2, -0.15) is 5.26 Å². The lowest BCUT2D eigenvalue weighted by molar-refractivity contribution is 0.0266. The minimum Gasteiger partial charge on any atom is -0.481 e. The summed E-state index contributed by atoms with van der Waals surface area (Å²) in [6.45, 7) is 2.93. The molecule has 0 N–H and O–H groups in total. The smallest absolute Gasteiger partial charge is 0.212 e. The maximum absolute atomic E-state index is 9.27. The van der Waals surface area contributed by atoms with Crippen molar-refractivity contribution in [3.05, 3.63) is 23.9 Å². The number of hydrogen-bond donors (Lipinski definition) is 0. The van der Waals surface area contributed by atoms with Gasteiger partial charge in [0.15, 0.2) is 0 Å². The number of rotatable bonds is 3. The molecule has 1 aliphatic heterocycles. The average molecular weight is 233 g/mol. The summed E-state index contributed by atoms with van der Waals surface area (Å²) in [5.74, 6) is 0.562. The lowest BCUT2D eigenvalue weighted by Gasteiger charge is -2.30. The van der Waals surface area contributed by atoms with E-state index in [1.54, 1.807) is 19.4 Å². The van der Waals surface area contributed by atoms with Gasteiger partial charge in [-0.3, -0.25) is 4.90 Å². The molecule has 2 heterocycles. The molecule has 0 amide bonds. The predicted octanol–water partition coefficient (Wildman–Crippen LogP) is 0.987. The summed E-state index contributed by atoms with van der Waals surface area (Å²) in [6, 6.07) is 5.72. The van der Waals surface area contributed by atoms with E-state index in [0.717, 1.165) is 18.7 Å². The summed E-state index contributed by atoms with van der Waals surface area (Å²) in [6.07, 6.45) is 1.70. The summed E-state index contributed by atoms with van der Waals surface area (Å²) in [4.78, 5) is 6.23. The van der Waals surface area contributed by atoms with Crippen LogP contribution in [0.1, 0.15) is 11.6 Å². The van der Waals surface area contributed by atoms with Crippen LogP contribution in [0, 0.1) is 11.3 Å². The Morgan fingerprint density at radius 3 is 2.76 bits per heavy atom. The second-order valence-corrected chi connectivity index (χ2v) is 3.81. The van der Waals surface area contributed by atoms with Gasteiger partial charge < -0.3 is 9.47 Å². The average Bonchev–Trinajstić information content (AvgIpc) is 2.42. The molecule has 5 heteroatoms. The molecule has 0 saturated carbocycles. The molecule has 90 valence electrons. The maximum Gasteiger partial charge on any atom is 0.212 e. The quantitative estimate of drug-likeness (QED) is 0.779. The number of nitrogens with zero attached hydrogens (tertiary/aromatic N) is 3. The fourth-order valence-corrected chi connectivity index (χ4v) is 1.88. The van der Waals surface area contributed by atoms with Crippen LogP contribution in [0.5, 0.6) is 5.88 Å².